The standard InChI is InChI=1S/C17H23NO2S/c1-13(2)12-15(17(20)21-4)18(3)16(19)11-10-14-8-6-5-7-9-14/h5-11,13,15H,12H2,1-4H3/b11-10+/t15-/m1/s1. The fraction of sp³-hybridized carbons (Fsp3) is 0.412. The topological polar surface area (TPSA) is 37.4 Å². The van der Waals surface area contributed by atoms with Gasteiger partial charge in [0, 0.05) is 13.1 Å². The Labute approximate surface area is 131 Å². The molecule has 0 unspecified atom stereocenters. The molecule has 0 fully saturated rings. The van der Waals surface area contributed by atoms with Gasteiger partial charge < -0.3 is 4.90 Å². The summed E-state index contributed by atoms with van der Waals surface area (Å²) in [5, 5.41) is 0.0349. The lowest BCUT2D eigenvalue weighted by Gasteiger charge is -2.26. The molecular weight excluding hydrogens is 282 g/mol. The van der Waals surface area contributed by atoms with E-state index in [-0.39, 0.29) is 17.1 Å². The van der Waals surface area contributed by atoms with E-state index in [0.717, 1.165) is 5.56 Å². The molecule has 21 heavy (non-hydrogen) atoms. The number of likely N-dealkylation sites (N-methyl/N-ethyl adjacent to an activating group) is 1. The molecular formula is C17H23NO2S. The van der Waals surface area contributed by atoms with E-state index in [1.54, 1.807) is 19.4 Å². The number of benzene rings is 1. The number of carbonyl (C=O) groups is 2. The first-order valence-corrected chi connectivity index (χ1v) is 8.26. The summed E-state index contributed by atoms with van der Waals surface area (Å²) in [6, 6.07) is 9.28. The van der Waals surface area contributed by atoms with E-state index in [0.29, 0.717) is 12.3 Å². The van der Waals surface area contributed by atoms with Gasteiger partial charge in [0.1, 0.15) is 6.04 Å². The Balaban J connectivity index is 2.78. The summed E-state index contributed by atoms with van der Waals surface area (Å²) < 4.78 is 0. The molecule has 0 N–H and O–H groups in total. The van der Waals surface area contributed by atoms with E-state index < -0.39 is 0 Å². The predicted molar refractivity (Wildman–Crippen MR) is 90.0 cm³/mol. The summed E-state index contributed by atoms with van der Waals surface area (Å²) in [6.07, 6.45) is 5.74. The van der Waals surface area contributed by atoms with Crippen molar-refractivity contribution in [1.82, 2.24) is 4.90 Å². The van der Waals surface area contributed by atoms with Gasteiger partial charge in [0.2, 0.25) is 11.0 Å². The van der Waals surface area contributed by atoms with Crippen LogP contribution in [0, 0.1) is 5.92 Å². The van der Waals surface area contributed by atoms with E-state index in [2.05, 4.69) is 13.8 Å². The Morgan fingerprint density at radius 2 is 1.86 bits per heavy atom. The van der Waals surface area contributed by atoms with Gasteiger partial charge in [-0.1, -0.05) is 55.9 Å². The van der Waals surface area contributed by atoms with Crippen molar-refractivity contribution in [1.29, 1.82) is 0 Å². The highest BCUT2D eigenvalue weighted by molar-refractivity contribution is 8.13. The molecule has 0 aliphatic carbocycles. The highest BCUT2D eigenvalue weighted by Gasteiger charge is 2.25. The smallest absolute Gasteiger partial charge is 0.246 e. The fourth-order valence-corrected chi connectivity index (χ4v) is 2.52. The minimum absolute atomic E-state index is 0.0349. The van der Waals surface area contributed by atoms with Crippen molar-refractivity contribution >= 4 is 28.9 Å². The largest absolute Gasteiger partial charge is 0.331 e. The second-order valence-electron chi connectivity index (χ2n) is 5.36. The van der Waals surface area contributed by atoms with E-state index in [1.807, 2.05) is 30.3 Å². The second kappa shape index (κ2) is 8.67. The average molecular weight is 305 g/mol. The van der Waals surface area contributed by atoms with Crippen LogP contribution in [-0.4, -0.2) is 35.3 Å². The number of amides is 1. The van der Waals surface area contributed by atoms with Crippen molar-refractivity contribution in [2.24, 2.45) is 5.92 Å². The van der Waals surface area contributed by atoms with Gasteiger partial charge >= 0.3 is 0 Å². The van der Waals surface area contributed by atoms with Crippen LogP contribution in [0.1, 0.15) is 25.8 Å². The third kappa shape index (κ3) is 5.76. The molecule has 0 saturated carbocycles. The highest BCUT2D eigenvalue weighted by atomic mass is 32.2. The maximum atomic E-state index is 12.2. The van der Waals surface area contributed by atoms with Gasteiger partial charge in [0.15, 0.2) is 0 Å². The number of rotatable bonds is 6. The predicted octanol–water partition coefficient (Wildman–Crippen LogP) is 3.46. The number of nitrogens with zero attached hydrogens (tertiary/aromatic N) is 1. The zero-order chi connectivity index (χ0) is 15.8. The molecule has 0 bridgehead atoms. The summed E-state index contributed by atoms with van der Waals surface area (Å²) in [7, 11) is 1.69. The van der Waals surface area contributed by atoms with Gasteiger partial charge in [0.25, 0.3) is 0 Å². The van der Waals surface area contributed by atoms with Crippen LogP contribution in [0.4, 0.5) is 0 Å². The lowest BCUT2D eigenvalue weighted by molar-refractivity contribution is -0.131. The first kappa shape index (κ1) is 17.5. The van der Waals surface area contributed by atoms with Crippen molar-refractivity contribution in [2.75, 3.05) is 13.3 Å². The zero-order valence-electron chi connectivity index (χ0n) is 13.1. The molecule has 0 saturated heterocycles. The molecule has 0 radical (unpaired) electrons. The maximum absolute atomic E-state index is 12.2. The number of thioether (sulfide) groups is 1. The molecule has 0 spiro atoms. The number of hydrogen-bond acceptors (Lipinski definition) is 3. The SMILES string of the molecule is CSC(=O)[C@@H](CC(C)C)N(C)C(=O)/C=C/c1ccccc1. The minimum Gasteiger partial charge on any atom is -0.331 e. The van der Waals surface area contributed by atoms with E-state index in [9.17, 15) is 9.59 Å². The molecule has 0 aliphatic heterocycles. The van der Waals surface area contributed by atoms with Gasteiger partial charge in [-0.05, 0) is 30.2 Å². The second-order valence-corrected chi connectivity index (χ2v) is 6.17. The molecule has 0 aliphatic rings. The van der Waals surface area contributed by atoms with E-state index in [4.69, 9.17) is 0 Å². The molecule has 4 heteroatoms. The highest BCUT2D eigenvalue weighted by Crippen LogP contribution is 2.16. The third-order valence-corrected chi connectivity index (χ3v) is 3.88. The summed E-state index contributed by atoms with van der Waals surface area (Å²) >= 11 is 1.18. The van der Waals surface area contributed by atoms with Crippen molar-refractivity contribution in [3.63, 3.8) is 0 Å². The van der Waals surface area contributed by atoms with Crippen LogP contribution < -0.4 is 0 Å². The normalized spacial score (nSPS) is 12.6. The molecule has 3 nitrogen and oxygen atoms in total. The lowest BCUT2D eigenvalue weighted by atomic mass is 10.0. The first-order valence-electron chi connectivity index (χ1n) is 7.03. The van der Waals surface area contributed by atoms with Crippen molar-refractivity contribution in [3.8, 4) is 0 Å². The van der Waals surface area contributed by atoms with Gasteiger partial charge in [-0.15, -0.1) is 0 Å². The molecule has 1 rings (SSSR count). The molecule has 0 aromatic heterocycles. The van der Waals surface area contributed by atoms with Crippen molar-refractivity contribution in [2.45, 2.75) is 26.3 Å². The number of hydrogen-bond donors (Lipinski definition) is 0. The summed E-state index contributed by atoms with van der Waals surface area (Å²) in [6.45, 7) is 4.11. The van der Waals surface area contributed by atoms with Crippen LogP contribution in [0.3, 0.4) is 0 Å². The van der Waals surface area contributed by atoms with Crippen LogP contribution in [0.15, 0.2) is 36.4 Å². The van der Waals surface area contributed by atoms with Crippen LogP contribution in [-0.2, 0) is 9.59 Å². The molecule has 1 aromatic carbocycles. The minimum atomic E-state index is -0.368. The van der Waals surface area contributed by atoms with Crippen molar-refractivity contribution in [3.05, 3.63) is 42.0 Å². The van der Waals surface area contributed by atoms with Gasteiger partial charge in [-0.2, -0.15) is 0 Å². The van der Waals surface area contributed by atoms with E-state index >= 15 is 0 Å². The average Bonchev–Trinajstić information content (AvgIpc) is 2.49. The number of carbonyl (C=O) groups excluding carboxylic acids is 2. The van der Waals surface area contributed by atoms with Gasteiger partial charge in [-0.3, -0.25) is 9.59 Å². The molecule has 0 heterocycles. The van der Waals surface area contributed by atoms with Crippen LogP contribution in [0.5, 0.6) is 0 Å². The van der Waals surface area contributed by atoms with Crippen LogP contribution in [0.25, 0.3) is 6.08 Å². The molecule has 1 atom stereocenters. The zero-order valence-corrected chi connectivity index (χ0v) is 13.9. The third-order valence-electron chi connectivity index (χ3n) is 3.20. The molecule has 1 amide bonds. The molecule has 114 valence electrons. The summed E-state index contributed by atoms with van der Waals surface area (Å²) in [4.78, 5) is 25.8. The van der Waals surface area contributed by atoms with Crippen LogP contribution in [0.2, 0.25) is 0 Å². The molecule has 1 aromatic rings. The fourth-order valence-electron chi connectivity index (χ4n) is 2.00. The Bertz CT molecular complexity index is 497. The lowest BCUT2D eigenvalue weighted by Crippen LogP contribution is -2.41. The Morgan fingerprint density at radius 1 is 1.24 bits per heavy atom. The Kier molecular flexibility index (Phi) is 7.23. The summed E-state index contributed by atoms with van der Waals surface area (Å²) in [5.74, 6) is 0.214. The van der Waals surface area contributed by atoms with Crippen LogP contribution >= 0.6 is 11.8 Å². The first-order chi connectivity index (χ1) is 9.95. The summed E-state index contributed by atoms with van der Waals surface area (Å²) in [5.41, 5.74) is 0.968. The monoisotopic (exact) mass is 305 g/mol. The van der Waals surface area contributed by atoms with Crippen molar-refractivity contribution < 1.29 is 9.59 Å². The maximum Gasteiger partial charge on any atom is 0.246 e. The van der Waals surface area contributed by atoms with E-state index in [1.165, 1.54) is 22.7 Å². The Hall–Kier alpha value is -1.55. The Morgan fingerprint density at radius 3 is 2.38 bits per heavy atom. The quantitative estimate of drug-likeness (QED) is 0.755. The van der Waals surface area contributed by atoms with Gasteiger partial charge in [-0.25, -0.2) is 0 Å². The van der Waals surface area contributed by atoms with Gasteiger partial charge in [0.05, 0.1) is 0 Å².